The van der Waals surface area contributed by atoms with Gasteiger partial charge in [0.05, 0.1) is 11.5 Å². The van der Waals surface area contributed by atoms with Gasteiger partial charge in [-0.2, -0.15) is 0 Å². The standard InChI is InChI=1S/C24H29NO6/c1-15-6-11-19(16(2)12-15)22(28)30-14-17-7-9-18(10-8-17)20(21(26)27)13-25-23(29)31-24(3,4)5/h6-12,20H,13-14H2,1-5H3,(H,25,29)(H,26,27)/p-1/t20-/m1/s1. The van der Waals surface area contributed by atoms with E-state index in [1.54, 1.807) is 51.1 Å². The molecular weight excluding hydrogens is 398 g/mol. The summed E-state index contributed by atoms with van der Waals surface area (Å²) >= 11 is 0. The highest BCUT2D eigenvalue weighted by atomic mass is 16.6. The number of carboxylic acid groups (broad SMARTS) is 1. The fourth-order valence-corrected chi connectivity index (χ4v) is 2.95. The van der Waals surface area contributed by atoms with Gasteiger partial charge in [-0.25, -0.2) is 9.59 Å². The molecule has 0 saturated heterocycles. The van der Waals surface area contributed by atoms with Crippen LogP contribution in [0.4, 0.5) is 4.79 Å². The molecule has 0 unspecified atom stereocenters. The van der Waals surface area contributed by atoms with E-state index in [4.69, 9.17) is 9.47 Å². The van der Waals surface area contributed by atoms with Crippen LogP contribution < -0.4 is 10.4 Å². The first-order valence-electron chi connectivity index (χ1n) is 9.97. The molecular formula is C24H28NO6-. The number of benzene rings is 2. The summed E-state index contributed by atoms with van der Waals surface area (Å²) in [5, 5.41) is 14.0. The number of hydrogen-bond acceptors (Lipinski definition) is 6. The minimum absolute atomic E-state index is 0.0541. The molecule has 7 nitrogen and oxygen atoms in total. The first-order chi connectivity index (χ1) is 14.5. The van der Waals surface area contributed by atoms with E-state index in [1.165, 1.54) is 0 Å². The van der Waals surface area contributed by atoms with Crippen LogP contribution in [0.1, 0.15) is 59.3 Å². The summed E-state index contributed by atoms with van der Waals surface area (Å²) in [6, 6.07) is 12.1. The topological polar surface area (TPSA) is 105 Å². The van der Waals surface area contributed by atoms with Crippen molar-refractivity contribution in [2.45, 2.75) is 52.7 Å². The quantitative estimate of drug-likeness (QED) is 0.683. The van der Waals surface area contributed by atoms with Gasteiger partial charge in [-0.3, -0.25) is 0 Å². The van der Waals surface area contributed by atoms with E-state index in [2.05, 4.69) is 5.32 Å². The molecule has 1 N–H and O–H groups in total. The van der Waals surface area contributed by atoms with Crippen molar-refractivity contribution in [3.05, 3.63) is 70.3 Å². The molecule has 0 aliphatic rings. The number of carboxylic acids is 1. The van der Waals surface area contributed by atoms with E-state index in [0.717, 1.165) is 11.1 Å². The second-order valence-electron chi connectivity index (χ2n) is 8.39. The number of hydrogen-bond donors (Lipinski definition) is 1. The summed E-state index contributed by atoms with van der Waals surface area (Å²) in [5.74, 6) is -2.78. The summed E-state index contributed by atoms with van der Waals surface area (Å²) in [5.41, 5.74) is 2.90. The fraction of sp³-hybridized carbons (Fsp3) is 0.375. The molecule has 1 amide bonds. The van der Waals surface area contributed by atoms with Crippen LogP contribution >= 0.6 is 0 Å². The van der Waals surface area contributed by atoms with Gasteiger partial charge in [0.25, 0.3) is 0 Å². The average Bonchev–Trinajstić information content (AvgIpc) is 2.65. The predicted molar refractivity (Wildman–Crippen MR) is 113 cm³/mol. The molecule has 2 aromatic rings. The number of aryl methyl sites for hydroxylation is 2. The Morgan fingerprint density at radius 3 is 2.23 bits per heavy atom. The number of ether oxygens (including phenoxy) is 2. The van der Waals surface area contributed by atoms with Crippen LogP contribution in [-0.2, 0) is 20.9 Å². The second kappa shape index (κ2) is 10.1. The molecule has 0 aromatic heterocycles. The van der Waals surface area contributed by atoms with Crippen molar-refractivity contribution in [3.63, 3.8) is 0 Å². The minimum Gasteiger partial charge on any atom is -0.549 e. The van der Waals surface area contributed by atoms with Crippen LogP contribution in [-0.4, -0.2) is 30.2 Å². The Kier molecular flexibility index (Phi) is 7.80. The van der Waals surface area contributed by atoms with E-state index in [1.807, 2.05) is 26.0 Å². The van der Waals surface area contributed by atoms with Crippen LogP contribution in [0.3, 0.4) is 0 Å². The minimum atomic E-state index is -1.31. The second-order valence-corrected chi connectivity index (χ2v) is 8.39. The van der Waals surface area contributed by atoms with Gasteiger partial charge in [0, 0.05) is 12.5 Å². The van der Waals surface area contributed by atoms with E-state index in [0.29, 0.717) is 16.7 Å². The lowest BCUT2D eigenvalue weighted by Gasteiger charge is -2.23. The van der Waals surface area contributed by atoms with Gasteiger partial charge in [-0.15, -0.1) is 0 Å². The van der Waals surface area contributed by atoms with Crippen molar-refractivity contribution >= 4 is 18.0 Å². The largest absolute Gasteiger partial charge is 0.549 e. The smallest absolute Gasteiger partial charge is 0.407 e. The summed E-state index contributed by atoms with van der Waals surface area (Å²) in [4.78, 5) is 35.6. The fourth-order valence-electron chi connectivity index (χ4n) is 2.95. The maximum Gasteiger partial charge on any atom is 0.407 e. The molecule has 0 bridgehead atoms. The van der Waals surface area contributed by atoms with E-state index < -0.39 is 29.6 Å². The number of carbonyl (C=O) groups excluding carboxylic acids is 3. The maximum absolute atomic E-state index is 12.3. The van der Waals surface area contributed by atoms with Gasteiger partial charge < -0.3 is 24.7 Å². The van der Waals surface area contributed by atoms with Gasteiger partial charge in [-0.05, 0) is 57.4 Å². The molecule has 7 heteroatoms. The number of alkyl carbamates (subject to hydrolysis) is 1. The lowest BCUT2D eigenvalue weighted by atomic mass is 9.98. The van der Waals surface area contributed by atoms with E-state index >= 15 is 0 Å². The maximum atomic E-state index is 12.3. The highest BCUT2D eigenvalue weighted by molar-refractivity contribution is 5.91. The molecule has 0 aliphatic carbocycles. The zero-order chi connectivity index (χ0) is 23.2. The van der Waals surface area contributed by atoms with Crippen LogP contribution in [0.2, 0.25) is 0 Å². The third-order valence-electron chi connectivity index (χ3n) is 4.49. The van der Waals surface area contributed by atoms with E-state index in [9.17, 15) is 19.5 Å². The summed E-state index contributed by atoms with van der Waals surface area (Å²) in [7, 11) is 0. The summed E-state index contributed by atoms with van der Waals surface area (Å²) < 4.78 is 10.5. The molecule has 0 spiro atoms. The Morgan fingerprint density at radius 1 is 1.03 bits per heavy atom. The molecule has 0 saturated carbocycles. The van der Waals surface area contributed by atoms with Crippen molar-refractivity contribution in [1.29, 1.82) is 0 Å². The molecule has 2 rings (SSSR count). The van der Waals surface area contributed by atoms with Gasteiger partial charge in [0.1, 0.15) is 12.2 Å². The van der Waals surface area contributed by atoms with Crippen molar-refractivity contribution in [3.8, 4) is 0 Å². The van der Waals surface area contributed by atoms with Gasteiger partial charge in [0.2, 0.25) is 0 Å². The zero-order valence-electron chi connectivity index (χ0n) is 18.5. The normalized spacial score (nSPS) is 12.0. The van der Waals surface area contributed by atoms with Crippen LogP contribution in [0.25, 0.3) is 0 Å². The number of esters is 1. The summed E-state index contributed by atoms with van der Waals surface area (Å²) in [6.45, 7) is 8.84. The Labute approximate surface area is 182 Å². The van der Waals surface area contributed by atoms with Crippen molar-refractivity contribution in [2.75, 3.05) is 6.54 Å². The Bertz CT molecular complexity index is 944. The molecule has 0 heterocycles. The highest BCUT2D eigenvalue weighted by Gasteiger charge is 2.19. The van der Waals surface area contributed by atoms with Crippen molar-refractivity contribution in [2.24, 2.45) is 0 Å². The predicted octanol–water partition coefficient (Wildman–Crippen LogP) is 3.02. The van der Waals surface area contributed by atoms with Gasteiger partial charge in [0.15, 0.2) is 0 Å². The number of aliphatic carboxylic acids is 1. The Hall–Kier alpha value is -3.35. The lowest BCUT2D eigenvalue weighted by molar-refractivity contribution is -0.307. The number of nitrogens with one attached hydrogen (secondary N) is 1. The number of amides is 1. The average molecular weight is 426 g/mol. The van der Waals surface area contributed by atoms with Gasteiger partial charge in [-0.1, -0.05) is 42.0 Å². The molecule has 0 radical (unpaired) electrons. The first kappa shape index (κ1) is 23.9. The monoisotopic (exact) mass is 426 g/mol. The first-order valence-corrected chi connectivity index (χ1v) is 9.97. The van der Waals surface area contributed by atoms with Crippen LogP contribution in [0.5, 0.6) is 0 Å². The SMILES string of the molecule is Cc1ccc(C(=O)OCc2ccc([C@@H](CNC(=O)OC(C)(C)C)C(=O)[O-])cc2)c(C)c1. The van der Waals surface area contributed by atoms with Crippen LogP contribution in [0, 0.1) is 13.8 Å². The number of rotatable bonds is 7. The van der Waals surface area contributed by atoms with Crippen LogP contribution in [0.15, 0.2) is 42.5 Å². The highest BCUT2D eigenvalue weighted by Crippen LogP contribution is 2.18. The lowest BCUT2D eigenvalue weighted by Crippen LogP contribution is -2.40. The molecule has 166 valence electrons. The Balaban J connectivity index is 1.97. The third kappa shape index (κ3) is 7.44. The van der Waals surface area contributed by atoms with Gasteiger partial charge >= 0.3 is 12.1 Å². The Morgan fingerprint density at radius 2 is 1.68 bits per heavy atom. The molecule has 31 heavy (non-hydrogen) atoms. The summed E-state index contributed by atoms with van der Waals surface area (Å²) in [6.07, 6.45) is -0.700. The van der Waals surface area contributed by atoms with Crippen molar-refractivity contribution in [1.82, 2.24) is 5.32 Å². The molecule has 1 atom stereocenters. The molecule has 0 aliphatic heterocycles. The molecule has 2 aromatic carbocycles. The molecule has 0 fully saturated rings. The number of carbonyl (C=O) groups is 3. The van der Waals surface area contributed by atoms with E-state index in [-0.39, 0.29) is 13.2 Å². The zero-order valence-corrected chi connectivity index (χ0v) is 18.5. The third-order valence-corrected chi connectivity index (χ3v) is 4.49. The van der Waals surface area contributed by atoms with Crippen molar-refractivity contribution < 1.29 is 29.0 Å².